The van der Waals surface area contributed by atoms with Gasteiger partial charge in [-0.25, -0.2) is 13.4 Å². The molecule has 0 aliphatic heterocycles. The van der Waals surface area contributed by atoms with E-state index >= 15 is 0 Å². The molecule has 0 amide bonds. The molecule has 0 aliphatic rings. The van der Waals surface area contributed by atoms with Crippen LogP contribution in [0.15, 0.2) is 35.5 Å². The summed E-state index contributed by atoms with van der Waals surface area (Å²) < 4.78 is 26.6. The minimum absolute atomic E-state index is 0.0273. The summed E-state index contributed by atoms with van der Waals surface area (Å²) in [6.45, 7) is 1.66. The third kappa shape index (κ3) is 3.04. The van der Waals surface area contributed by atoms with E-state index in [2.05, 4.69) is 14.7 Å². The highest BCUT2D eigenvalue weighted by molar-refractivity contribution is 7.92. The van der Waals surface area contributed by atoms with Crippen LogP contribution in [0.2, 0.25) is 5.15 Å². The predicted molar refractivity (Wildman–Crippen MR) is 73.7 cm³/mol. The summed E-state index contributed by atoms with van der Waals surface area (Å²) in [5, 5.41) is 8.91. The standard InChI is InChI=1S/C12H9ClN4O2S/c1-8-4-10(3-2-9(8)5-14)20(18,19)17-12-7-15-6-11(13)16-12/h2-4,6-7H,1H3,(H,16,17). The van der Waals surface area contributed by atoms with Crippen molar-refractivity contribution in [3.8, 4) is 6.07 Å². The molecule has 0 bridgehead atoms. The molecule has 2 rings (SSSR count). The number of nitrogens with one attached hydrogen (secondary N) is 1. The summed E-state index contributed by atoms with van der Waals surface area (Å²) in [6, 6.07) is 6.20. The highest BCUT2D eigenvalue weighted by atomic mass is 35.5. The quantitative estimate of drug-likeness (QED) is 0.936. The molecule has 0 spiro atoms. The lowest BCUT2D eigenvalue weighted by Crippen LogP contribution is -2.14. The molecule has 1 aromatic carbocycles. The fourth-order valence-electron chi connectivity index (χ4n) is 1.52. The number of nitriles is 1. The minimum atomic E-state index is -3.80. The Labute approximate surface area is 121 Å². The van der Waals surface area contributed by atoms with E-state index in [0.29, 0.717) is 11.1 Å². The van der Waals surface area contributed by atoms with Gasteiger partial charge in [0.25, 0.3) is 10.0 Å². The molecule has 20 heavy (non-hydrogen) atoms. The van der Waals surface area contributed by atoms with Gasteiger partial charge in [-0.05, 0) is 30.7 Å². The molecule has 0 saturated carbocycles. The lowest BCUT2D eigenvalue weighted by atomic mass is 10.1. The van der Waals surface area contributed by atoms with Crippen molar-refractivity contribution in [1.82, 2.24) is 9.97 Å². The molecule has 0 aliphatic carbocycles. The molecule has 1 aromatic heterocycles. The fourth-order valence-corrected chi connectivity index (χ4v) is 2.73. The first kappa shape index (κ1) is 14.2. The zero-order valence-electron chi connectivity index (χ0n) is 10.3. The fraction of sp³-hybridized carbons (Fsp3) is 0.0833. The zero-order valence-corrected chi connectivity index (χ0v) is 11.9. The summed E-state index contributed by atoms with van der Waals surface area (Å²) >= 11 is 5.64. The number of hydrogen-bond acceptors (Lipinski definition) is 5. The van der Waals surface area contributed by atoms with Crippen molar-refractivity contribution in [3.63, 3.8) is 0 Å². The Hall–Kier alpha value is -2.17. The van der Waals surface area contributed by atoms with Crippen LogP contribution in [0.5, 0.6) is 0 Å². The predicted octanol–water partition coefficient (Wildman–Crippen LogP) is 2.11. The number of hydrogen-bond donors (Lipinski definition) is 1. The van der Waals surface area contributed by atoms with E-state index in [-0.39, 0.29) is 15.9 Å². The van der Waals surface area contributed by atoms with Crippen molar-refractivity contribution in [2.45, 2.75) is 11.8 Å². The van der Waals surface area contributed by atoms with Gasteiger partial charge in [0.1, 0.15) is 5.15 Å². The molecule has 0 saturated heterocycles. The van der Waals surface area contributed by atoms with E-state index in [1.54, 1.807) is 6.92 Å². The number of anilines is 1. The number of benzene rings is 1. The second-order valence-electron chi connectivity index (χ2n) is 3.92. The number of aryl methyl sites for hydroxylation is 1. The summed E-state index contributed by atoms with van der Waals surface area (Å²) in [5.41, 5.74) is 0.999. The molecular weight excluding hydrogens is 300 g/mol. The van der Waals surface area contributed by atoms with Crippen LogP contribution in [-0.4, -0.2) is 18.4 Å². The van der Waals surface area contributed by atoms with Gasteiger partial charge < -0.3 is 0 Å². The second kappa shape index (κ2) is 5.45. The Bertz CT molecular complexity index is 799. The first-order valence-corrected chi connectivity index (χ1v) is 7.29. The maximum Gasteiger partial charge on any atom is 0.263 e. The lowest BCUT2D eigenvalue weighted by molar-refractivity contribution is 0.601. The van der Waals surface area contributed by atoms with Crippen LogP contribution in [0.1, 0.15) is 11.1 Å². The molecule has 102 valence electrons. The van der Waals surface area contributed by atoms with Crippen molar-refractivity contribution in [2.75, 3.05) is 4.72 Å². The molecular formula is C12H9ClN4O2S. The Balaban J connectivity index is 2.36. The monoisotopic (exact) mass is 308 g/mol. The van der Waals surface area contributed by atoms with E-state index in [9.17, 15) is 8.42 Å². The van der Waals surface area contributed by atoms with Gasteiger partial charge in [-0.2, -0.15) is 5.26 Å². The number of halogens is 1. The normalized spacial score (nSPS) is 10.8. The number of sulfonamides is 1. The maximum atomic E-state index is 12.2. The lowest BCUT2D eigenvalue weighted by Gasteiger charge is -2.08. The average molecular weight is 309 g/mol. The van der Waals surface area contributed by atoms with Gasteiger partial charge >= 0.3 is 0 Å². The van der Waals surface area contributed by atoms with E-state index in [0.717, 1.165) is 0 Å². The molecule has 8 heteroatoms. The number of nitrogens with zero attached hydrogens (tertiary/aromatic N) is 3. The molecule has 0 atom stereocenters. The maximum absolute atomic E-state index is 12.2. The van der Waals surface area contributed by atoms with Gasteiger partial charge in [-0.1, -0.05) is 11.6 Å². The van der Waals surface area contributed by atoms with Crippen molar-refractivity contribution in [2.24, 2.45) is 0 Å². The van der Waals surface area contributed by atoms with E-state index in [4.69, 9.17) is 16.9 Å². The summed E-state index contributed by atoms with van der Waals surface area (Å²) in [6.07, 6.45) is 2.55. The molecule has 1 heterocycles. The second-order valence-corrected chi connectivity index (χ2v) is 5.99. The van der Waals surface area contributed by atoms with Crippen molar-refractivity contribution in [1.29, 1.82) is 5.26 Å². The average Bonchev–Trinajstić information content (AvgIpc) is 2.38. The molecule has 1 N–H and O–H groups in total. The van der Waals surface area contributed by atoms with Crippen LogP contribution < -0.4 is 4.72 Å². The van der Waals surface area contributed by atoms with Crippen LogP contribution in [0.3, 0.4) is 0 Å². The van der Waals surface area contributed by atoms with Gasteiger partial charge in [-0.15, -0.1) is 0 Å². The highest BCUT2D eigenvalue weighted by Gasteiger charge is 2.16. The van der Waals surface area contributed by atoms with E-state index < -0.39 is 10.0 Å². The molecule has 6 nitrogen and oxygen atoms in total. The zero-order chi connectivity index (χ0) is 14.8. The van der Waals surface area contributed by atoms with Gasteiger partial charge in [0.05, 0.1) is 28.9 Å². The Morgan fingerprint density at radius 1 is 1.35 bits per heavy atom. The first-order chi connectivity index (χ1) is 9.42. The largest absolute Gasteiger partial charge is 0.263 e. The highest BCUT2D eigenvalue weighted by Crippen LogP contribution is 2.18. The topological polar surface area (TPSA) is 95.7 Å². The van der Waals surface area contributed by atoms with Crippen LogP contribution in [0.25, 0.3) is 0 Å². The first-order valence-electron chi connectivity index (χ1n) is 5.43. The van der Waals surface area contributed by atoms with E-state index in [1.807, 2.05) is 6.07 Å². The Morgan fingerprint density at radius 3 is 2.70 bits per heavy atom. The molecule has 0 fully saturated rings. The van der Waals surface area contributed by atoms with Gasteiger partial charge in [0, 0.05) is 0 Å². The Morgan fingerprint density at radius 2 is 2.10 bits per heavy atom. The third-order valence-electron chi connectivity index (χ3n) is 2.47. The minimum Gasteiger partial charge on any atom is -0.262 e. The smallest absolute Gasteiger partial charge is 0.262 e. The van der Waals surface area contributed by atoms with Gasteiger partial charge in [-0.3, -0.25) is 9.71 Å². The summed E-state index contributed by atoms with van der Waals surface area (Å²) in [5.74, 6) is 0.0273. The number of aromatic nitrogens is 2. The van der Waals surface area contributed by atoms with E-state index in [1.165, 1.54) is 30.6 Å². The third-order valence-corrected chi connectivity index (χ3v) is 4.01. The van der Waals surface area contributed by atoms with Crippen LogP contribution in [0.4, 0.5) is 5.82 Å². The van der Waals surface area contributed by atoms with Gasteiger partial charge in [0.2, 0.25) is 0 Å². The summed E-state index contributed by atoms with van der Waals surface area (Å²) in [7, 11) is -3.80. The van der Waals surface area contributed by atoms with Crippen LogP contribution >= 0.6 is 11.6 Å². The summed E-state index contributed by atoms with van der Waals surface area (Å²) in [4.78, 5) is 7.58. The van der Waals surface area contributed by atoms with Crippen LogP contribution in [0, 0.1) is 18.3 Å². The van der Waals surface area contributed by atoms with Gasteiger partial charge in [0.15, 0.2) is 5.82 Å². The number of rotatable bonds is 3. The van der Waals surface area contributed by atoms with Crippen molar-refractivity contribution >= 4 is 27.4 Å². The molecule has 0 unspecified atom stereocenters. The SMILES string of the molecule is Cc1cc(S(=O)(=O)Nc2cncc(Cl)n2)ccc1C#N. The molecule has 2 aromatic rings. The molecule has 0 radical (unpaired) electrons. The Kier molecular flexibility index (Phi) is 3.88. The van der Waals surface area contributed by atoms with Crippen LogP contribution in [-0.2, 0) is 10.0 Å². The van der Waals surface area contributed by atoms with Crippen molar-refractivity contribution in [3.05, 3.63) is 46.9 Å². The van der Waals surface area contributed by atoms with Crippen molar-refractivity contribution < 1.29 is 8.42 Å².